The Morgan fingerprint density at radius 2 is 1.88 bits per heavy atom. The van der Waals surface area contributed by atoms with Crippen molar-refractivity contribution in [1.82, 2.24) is 15.3 Å². The fourth-order valence-electron chi connectivity index (χ4n) is 2.30. The van der Waals surface area contributed by atoms with Gasteiger partial charge in [-0.25, -0.2) is 4.98 Å². The van der Waals surface area contributed by atoms with Gasteiger partial charge in [-0.15, -0.1) is 0 Å². The number of methoxy groups -OCH3 is 1. The minimum Gasteiger partial charge on any atom is -0.496 e. The van der Waals surface area contributed by atoms with Gasteiger partial charge in [0.05, 0.1) is 30.0 Å². The van der Waals surface area contributed by atoms with Crippen molar-refractivity contribution >= 4 is 23.0 Å². The SMILES string of the molecule is COc1ccccc1CNC(=O)/C=C/c1cnc2ccccc2n1. The Morgan fingerprint density at radius 3 is 2.71 bits per heavy atom. The van der Waals surface area contributed by atoms with Gasteiger partial charge in [-0.1, -0.05) is 30.3 Å². The number of amides is 1. The summed E-state index contributed by atoms with van der Waals surface area (Å²) in [6.45, 7) is 0.399. The molecule has 2 aromatic carbocycles. The van der Waals surface area contributed by atoms with E-state index in [1.807, 2.05) is 48.5 Å². The standard InChI is InChI=1S/C19H17N3O2/c1-24-18-9-5-2-6-14(18)12-21-19(23)11-10-15-13-20-16-7-3-4-8-17(16)22-15/h2-11,13H,12H2,1H3,(H,21,23)/b11-10+. The summed E-state index contributed by atoms with van der Waals surface area (Å²) in [7, 11) is 1.61. The Bertz CT molecular complexity index is 890. The number of fused-ring (bicyclic) bond motifs is 1. The average Bonchev–Trinajstić information content (AvgIpc) is 2.64. The number of ether oxygens (including phenoxy) is 1. The van der Waals surface area contributed by atoms with E-state index in [0.717, 1.165) is 22.3 Å². The van der Waals surface area contributed by atoms with E-state index < -0.39 is 0 Å². The first kappa shape index (κ1) is 15.7. The maximum absolute atomic E-state index is 12.0. The zero-order valence-electron chi connectivity index (χ0n) is 13.3. The van der Waals surface area contributed by atoms with Crippen LogP contribution in [0.4, 0.5) is 0 Å². The highest BCUT2D eigenvalue weighted by Gasteiger charge is 2.03. The lowest BCUT2D eigenvalue weighted by atomic mass is 10.2. The maximum atomic E-state index is 12.0. The molecule has 1 heterocycles. The molecule has 120 valence electrons. The molecule has 3 aromatic rings. The van der Waals surface area contributed by atoms with E-state index >= 15 is 0 Å². The molecule has 1 amide bonds. The molecular formula is C19H17N3O2. The quantitative estimate of drug-likeness (QED) is 0.734. The second-order valence-corrected chi connectivity index (χ2v) is 5.15. The van der Waals surface area contributed by atoms with Crippen LogP contribution in [-0.2, 0) is 11.3 Å². The number of carbonyl (C=O) groups excluding carboxylic acids is 1. The van der Waals surface area contributed by atoms with E-state index in [1.165, 1.54) is 6.08 Å². The summed E-state index contributed by atoms with van der Waals surface area (Å²) in [6, 6.07) is 15.2. The number of aromatic nitrogens is 2. The molecule has 0 saturated carbocycles. The second kappa shape index (κ2) is 7.37. The van der Waals surface area contributed by atoms with E-state index in [-0.39, 0.29) is 5.91 Å². The molecule has 0 fully saturated rings. The molecule has 5 heteroatoms. The van der Waals surface area contributed by atoms with Crippen LogP contribution >= 0.6 is 0 Å². The van der Waals surface area contributed by atoms with Gasteiger partial charge in [0.25, 0.3) is 0 Å². The minimum absolute atomic E-state index is 0.198. The Hall–Kier alpha value is -3.21. The zero-order valence-corrected chi connectivity index (χ0v) is 13.3. The number of carbonyl (C=O) groups is 1. The topological polar surface area (TPSA) is 64.1 Å². The molecule has 0 unspecified atom stereocenters. The third-order valence-electron chi connectivity index (χ3n) is 3.52. The van der Waals surface area contributed by atoms with Crippen molar-refractivity contribution in [1.29, 1.82) is 0 Å². The molecule has 0 atom stereocenters. The van der Waals surface area contributed by atoms with Gasteiger partial charge in [0.2, 0.25) is 5.91 Å². The van der Waals surface area contributed by atoms with E-state index in [1.54, 1.807) is 19.4 Å². The predicted molar refractivity (Wildman–Crippen MR) is 93.4 cm³/mol. The van der Waals surface area contributed by atoms with Crippen LogP contribution in [0.3, 0.4) is 0 Å². The smallest absolute Gasteiger partial charge is 0.244 e. The number of benzene rings is 2. The van der Waals surface area contributed by atoms with Gasteiger partial charge >= 0.3 is 0 Å². The lowest BCUT2D eigenvalue weighted by Gasteiger charge is -2.08. The van der Waals surface area contributed by atoms with E-state index in [2.05, 4.69) is 15.3 Å². The summed E-state index contributed by atoms with van der Waals surface area (Å²) < 4.78 is 5.26. The van der Waals surface area contributed by atoms with E-state index in [0.29, 0.717) is 12.2 Å². The van der Waals surface area contributed by atoms with Gasteiger partial charge in [-0.3, -0.25) is 9.78 Å². The molecule has 0 saturated heterocycles. The highest BCUT2D eigenvalue weighted by atomic mass is 16.5. The molecule has 1 aromatic heterocycles. The normalized spacial score (nSPS) is 10.9. The molecule has 0 aliphatic rings. The molecule has 5 nitrogen and oxygen atoms in total. The first-order valence-corrected chi connectivity index (χ1v) is 7.56. The van der Waals surface area contributed by atoms with Crippen molar-refractivity contribution in [3.05, 3.63) is 72.1 Å². The fourth-order valence-corrected chi connectivity index (χ4v) is 2.30. The molecule has 0 aliphatic carbocycles. The van der Waals surface area contributed by atoms with Gasteiger partial charge in [-0.2, -0.15) is 0 Å². The maximum Gasteiger partial charge on any atom is 0.244 e. The number of nitrogens with zero attached hydrogens (tertiary/aromatic N) is 2. The number of nitrogens with one attached hydrogen (secondary N) is 1. The van der Waals surface area contributed by atoms with Crippen LogP contribution < -0.4 is 10.1 Å². The van der Waals surface area contributed by atoms with Crippen LogP contribution in [0, 0.1) is 0 Å². The van der Waals surface area contributed by atoms with Crippen LogP contribution in [0.1, 0.15) is 11.3 Å². The van der Waals surface area contributed by atoms with Crippen LogP contribution in [0.5, 0.6) is 5.75 Å². The van der Waals surface area contributed by atoms with Crippen LogP contribution in [0.25, 0.3) is 17.1 Å². The monoisotopic (exact) mass is 319 g/mol. The van der Waals surface area contributed by atoms with E-state index in [4.69, 9.17) is 4.74 Å². The largest absolute Gasteiger partial charge is 0.496 e. The highest BCUT2D eigenvalue weighted by Crippen LogP contribution is 2.16. The summed E-state index contributed by atoms with van der Waals surface area (Å²) >= 11 is 0. The molecule has 1 N–H and O–H groups in total. The van der Waals surface area contributed by atoms with Crippen molar-refractivity contribution < 1.29 is 9.53 Å². The van der Waals surface area contributed by atoms with E-state index in [9.17, 15) is 4.79 Å². The Kier molecular flexibility index (Phi) is 4.81. The summed E-state index contributed by atoms with van der Waals surface area (Å²) in [5.41, 5.74) is 3.19. The summed E-state index contributed by atoms with van der Waals surface area (Å²) in [6.07, 6.45) is 4.75. The molecule has 3 rings (SSSR count). The summed E-state index contributed by atoms with van der Waals surface area (Å²) in [5, 5.41) is 2.83. The van der Waals surface area contributed by atoms with Crippen molar-refractivity contribution in [2.24, 2.45) is 0 Å². The summed E-state index contributed by atoms with van der Waals surface area (Å²) in [4.78, 5) is 20.7. The van der Waals surface area contributed by atoms with Gasteiger partial charge < -0.3 is 10.1 Å². The second-order valence-electron chi connectivity index (χ2n) is 5.15. The van der Waals surface area contributed by atoms with Crippen LogP contribution in [-0.4, -0.2) is 23.0 Å². The number of hydrogen-bond acceptors (Lipinski definition) is 4. The van der Waals surface area contributed by atoms with Crippen LogP contribution in [0.2, 0.25) is 0 Å². The lowest BCUT2D eigenvalue weighted by molar-refractivity contribution is -0.116. The Balaban J connectivity index is 1.64. The lowest BCUT2D eigenvalue weighted by Crippen LogP contribution is -2.20. The fraction of sp³-hybridized carbons (Fsp3) is 0.105. The number of hydrogen-bond donors (Lipinski definition) is 1. The molecule has 0 bridgehead atoms. The predicted octanol–water partition coefficient (Wildman–Crippen LogP) is 2.97. The molecule has 0 radical (unpaired) electrons. The zero-order chi connectivity index (χ0) is 16.8. The molecule has 0 spiro atoms. The molecule has 0 aliphatic heterocycles. The van der Waals surface area contributed by atoms with Crippen molar-refractivity contribution in [2.75, 3.05) is 7.11 Å². The van der Waals surface area contributed by atoms with Crippen molar-refractivity contribution in [3.8, 4) is 5.75 Å². The first-order chi connectivity index (χ1) is 11.8. The first-order valence-electron chi connectivity index (χ1n) is 7.56. The average molecular weight is 319 g/mol. The molecule has 24 heavy (non-hydrogen) atoms. The van der Waals surface area contributed by atoms with Crippen molar-refractivity contribution in [2.45, 2.75) is 6.54 Å². The van der Waals surface area contributed by atoms with Crippen molar-refractivity contribution in [3.63, 3.8) is 0 Å². The third-order valence-corrected chi connectivity index (χ3v) is 3.52. The minimum atomic E-state index is -0.198. The van der Waals surface area contributed by atoms with Crippen LogP contribution in [0.15, 0.2) is 60.8 Å². The van der Waals surface area contributed by atoms with Gasteiger partial charge in [0.15, 0.2) is 0 Å². The number of para-hydroxylation sites is 3. The summed E-state index contributed by atoms with van der Waals surface area (Å²) in [5.74, 6) is 0.554. The molecular weight excluding hydrogens is 302 g/mol. The third kappa shape index (κ3) is 3.76. The van der Waals surface area contributed by atoms with Gasteiger partial charge in [0, 0.05) is 18.2 Å². The number of rotatable bonds is 5. The van der Waals surface area contributed by atoms with Gasteiger partial charge in [0.1, 0.15) is 5.75 Å². The Morgan fingerprint density at radius 1 is 1.12 bits per heavy atom. The highest BCUT2D eigenvalue weighted by molar-refractivity contribution is 5.91. The van der Waals surface area contributed by atoms with Gasteiger partial charge in [-0.05, 0) is 24.3 Å². The Labute approximate surface area is 140 Å².